The third kappa shape index (κ3) is 3.22. The molecule has 0 aliphatic carbocycles. The van der Waals surface area contributed by atoms with Gasteiger partial charge >= 0.3 is 5.97 Å². The van der Waals surface area contributed by atoms with Crippen molar-refractivity contribution in [2.24, 2.45) is 0 Å². The number of carbonyl (C=O) groups is 1. The van der Waals surface area contributed by atoms with Gasteiger partial charge < -0.3 is 5.11 Å². The highest BCUT2D eigenvalue weighted by Gasteiger charge is 2.12. The van der Waals surface area contributed by atoms with E-state index in [1.807, 2.05) is 0 Å². The molecule has 0 bridgehead atoms. The number of hydrogen-bond donors (Lipinski definition) is 1. The van der Waals surface area contributed by atoms with Gasteiger partial charge in [0.1, 0.15) is 0 Å². The molecule has 0 aliphatic heterocycles. The summed E-state index contributed by atoms with van der Waals surface area (Å²) >= 11 is 11.7. The zero-order valence-corrected chi connectivity index (χ0v) is 11.0. The molecule has 98 valence electrons. The van der Waals surface area contributed by atoms with Crippen LogP contribution in [-0.2, 0) is 11.2 Å². The predicted octanol–water partition coefficient (Wildman–Crippen LogP) is 3.82. The van der Waals surface area contributed by atoms with Crippen LogP contribution in [-0.4, -0.2) is 16.1 Å². The number of aromatic nitrogens is 1. The third-order valence-electron chi connectivity index (χ3n) is 2.49. The number of aliphatic carboxylic acids is 1. The fraction of sp³-hybridized carbons (Fsp3) is 0.0769. The largest absolute Gasteiger partial charge is 0.481 e. The minimum atomic E-state index is -1.08. The van der Waals surface area contributed by atoms with Gasteiger partial charge in [-0.3, -0.25) is 4.79 Å². The van der Waals surface area contributed by atoms with Gasteiger partial charge in [-0.1, -0.05) is 29.3 Å². The van der Waals surface area contributed by atoms with E-state index in [4.69, 9.17) is 28.3 Å². The van der Waals surface area contributed by atoms with Crippen LogP contribution in [0.15, 0.2) is 30.3 Å². The molecule has 1 N–H and O–H groups in total. The summed E-state index contributed by atoms with van der Waals surface area (Å²) in [6.07, 6.45) is -0.368. The third-order valence-corrected chi connectivity index (χ3v) is 3.23. The first-order valence-corrected chi connectivity index (χ1v) is 6.05. The standard InChI is InChI=1S/C13H8Cl2FNO2/c14-9-3-1-7(5-10(9)15)8-2-4-12(16)17-11(8)6-13(18)19/h1-5H,6H2,(H,18,19). The quantitative estimate of drug-likeness (QED) is 0.877. The van der Waals surface area contributed by atoms with Gasteiger partial charge in [-0.05, 0) is 29.8 Å². The molecular formula is C13H8Cl2FNO2. The lowest BCUT2D eigenvalue weighted by molar-refractivity contribution is -0.136. The Morgan fingerprint density at radius 3 is 2.58 bits per heavy atom. The van der Waals surface area contributed by atoms with Crippen molar-refractivity contribution in [3.63, 3.8) is 0 Å². The second-order valence-corrected chi connectivity index (χ2v) is 4.64. The first-order valence-electron chi connectivity index (χ1n) is 5.30. The molecular weight excluding hydrogens is 292 g/mol. The highest BCUT2D eigenvalue weighted by atomic mass is 35.5. The van der Waals surface area contributed by atoms with E-state index < -0.39 is 11.9 Å². The Bertz CT molecular complexity index is 647. The van der Waals surface area contributed by atoms with E-state index >= 15 is 0 Å². The van der Waals surface area contributed by atoms with Crippen LogP contribution in [0.25, 0.3) is 11.1 Å². The molecule has 0 radical (unpaired) electrons. The number of carboxylic acid groups (broad SMARTS) is 1. The van der Waals surface area contributed by atoms with Crippen molar-refractivity contribution in [1.82, 2.24) is 4.98 Å². The Kier molecular flexibility index (Phi) is 4.02. The van der Waals surface area contributed by atoms with Gasteiger partial charge in [0.25, 0.3) is 0 Å². The average molecular weight is 300 g/mol. The molecule has 0 spiro atoms. The molecule has 0 saturated heterocycles. The Balaban J connectivity index is 2.54. The summed E-state index contributed by atoms with van der Waals surface area (Å²) in [6.45, 7) is 0. The minimum absolute atomic E-state index is 0.144. The van der Waals surface area contributed by atoms with Crippen LogP contribution in [0.2, 0.25) is 10.0 Å². The number of pyridine rings is 1. The van der Waals surface area contributed by atoms with E-state index in [0.29, 0.717) is 21.2 Å². The summed E-state index contributed by atoms with van der Waals surface area (Å²) in [5.74, 6) is -1.81. The van der Waals surface area contributed by atoms with Gasteiger partial charge in [-0.2, -0.15) is 4.39 Å². The van der Waals surface area contributed by atoms with Gasteiger partial charge in [0.05, 0.1) is 22.2 Å². The van der Waals surface area contributed by atoms with Gasteiger partial charge in [-0.15, -0.1) is 0 Å². The van der Waals surface area contributed by atoms with Crippen molar-refractivity contribution < 1.29 is 14.3 Å². The summed E-state index contributed by atoms with van der Waals surface area (Å²) in [6, 6.07) is 7.50. The molecule has 0 fully saturated rings. The van der Waals surface area contributed by atoms with Crippen LogP contribution in [0.5, 0.6) is 0 Å². The lowest BCUT2D eigenvalue weighted by Crippen LogP contribution is -2.05. The van der Waals surface area contributed by atoms with E-state index in [1.54, 1.807) is 18.2 Å². The molecule has 0 saturated carbocycles. The monoisotopic (exact) mass is 299 g/mol. The number of hydrogen-bond acceptors (Lipinski definition) is 2. The van der Waals surface area contributed by atoms with E-state index in [-0.39, 0.29) is 12.1 Å². The second kappa shape index (κ2) is 5.55. The Morgan fingerprint density at radius 1 is 1.21 bits per heavy atom. The molecule has 1 heterocycles. The van der Waals surface area contributed by atoms with Crippen molar-refractivity contribution in [2.45, 2.75) is 6.42 Å². The molecule has 6 heteroatoms. The van der Waals surface area contributed by atoms with Crippen LogP contribution in [0.4, 0.5) is 4.39 Å². The normalized spacial score (nSPS) is 10.5. The van der Waals surface area contributed by atoms with Crippen molar-refractivity contribution in [1.29, 1.82) is 0 Å². The fourth-order valence-electron chi connectivity index (χ4n) is 1.68. The van der Waals surface area contributed by atoms with Crippen LogP contribution in [0.1, 0.15) is 5.69 Å². The Hall–Kier alpha value is -1.65. The molecule has 2 rings (SSSR count). The van der Waals surface area contributed by atoms with Crippen LogP contribution in [0.3, 0.4) is 0 Å². The second-order valence-electron chi connectivity index (χ2n) is 3.83. The topological polar surface area (TPSA) is 50.2 Å². The number of halogens is 3. The van der Waals surface area contributed by atoms with Crippen molar-refractivity contribution in [3.8, 4) is 11.1 Å². The van der Waals surface area contributed by atoms with E-state index in [9.17, 15) is 9.18 Å². The van der Waals surface area contributed by atoms with E-state index in [2.05, 4.69) is 4.98 Å². The Morgan fingerprint density at radius 2 is 1.95 bits per heavy atom. The van der Waals surface area contributed by atoms with Crippen LogP contribution in [0, 0.1) is 5.95 Å². The minimum Gasteiger partial charge on any atom is -0.481 e. The number of benzene rings is 1. The van der Waals surface area contributed by atoms with Gasteiger partial charge in [0.2, 0.25) is 5.95 Å². The first-order chi connectivity index (χ1) is 8.97. The molecule has 0 amide bonds. The molecule has 0 aliphatic rings. The summed E-state index contributed by atoms with van der Waals surface area (Å²) in [7, 11) is 0. The fourth-order valence-corrected chi connectivity index (χ4v) is 1.98. The molecule has 2 aromatic rings. The van der Waals surface area contributed by atoms with Crippen LogP contribution < -0.4 is 0 Å². The van der Waals surface area contributed by atoms with Gasteiger partial charge in [0.15, 0.2) is 0 Å². The maximum absolute atomic E-state index is 13.1. The maximum atomic E-state index is 13.1. The number of carboxylic acids is 1. The molecule has 0 atom stereocenters. The summed E-state index contributed by atoms with van der Waals surface area (Å²) in [5.41, 5.74) is 1.30. The molecule has 0 unspecified atom stereocenters. The predicted molar refractivity (Wildman–Crippen MR) is 71.0 cm³/mol. The summed E-state index contributed by atoms with van der Waals surface area (Å²) < 4.78 is 13.1. The lowest BCUT2D eigenvalue weighted by atomic mass is 10.0. The summed E-state index contributed by atoms with van der Waals surface area (Å²) in [4.78, 5) is 14.4. The Labute approximate surface area is 118 Å². The summed E-state index contributed by atoms with van der Waals surface area (Å²) in [5, 5.41) is 9.55. The van der Waals surface area contributed by atoms with Crippen LogP contribution >= 0.6 is 23.2 Å². The van der Waals surface area contributed by atoms with Gasteiger partial charge in [0, 0.05) is 5.56 Å². The first kappa shape index (κ1) is 13.8. The van der Waals surface area contributed by atoms with Crippen molar-refractivity contribution in [2.75, 3.05) is 0 Å². The molecule has 1 aromatic heterocycles. The number of rotatable bonds is 3. The average Bonchev–Trinajstić information content (AvgIpc) is 2.32. The zero-order chi connectivity index (χ0) is 14.0. The zero-order valence-electron chi connectivity index (χ0n) is 9.53. The van der Waals surface area contributed by atoms with E-state index in [1.165, 1.54) is 12.1 Å². The molecule has 1 aromatic carbocycles. The van der Waals surface area contributed by atoms with Gasteiger partial charge in [-0.25, -0.2) is 4.98 Å². The molecule has 19 heavy (non-hydrogen) atoms. The van der Waals surface area contributed by atoms with Crippen molar-refractivity contribution in [3.05, 3.63) is 52.0 Å². The van der Waals surface area contributed by atoms with E-state index in [0.717, 1.165) is 0 Å². The highest BCUT2D eigenvalue weighted by Crippen LogP contribution is 2.30. The maximum Gasteiger partial charge on any atom is 0.309 e. The smallest absolute Gasteiger partial charge is 0.309 e. The molecule has 3 nitrogen and oxygen atoms in total. The SMILES string of the molecule is O=C(O)Cc1nc(F)ccc1-c1ccc(Cl)c(Cl)c1. The highest BCUT2D eigenvalue weighted by molar-refractivity contribution is 6.42. The van der Waals surface area contributed by atoms with Crippen molar-refractivity contribution >= 4 is 29.2 Å². The number of nitrogens with zero attached hydrogens (tertiary/aromatic N) is 1. The lowest BCUT2D eigenvalue weighted by Gasteiger charge is -2.08.